The van der Waals surface area contributed by atoms with Gasteiger partial charge in [-0.25, -0.2) is 0 Å². The summed E-state index contributed by atoms with van der Waals surface area (Å²) in [5.41, 5.74) is 0. The van der Waals surface area contributed by atoms with E-state index < -0.39 is 0 Å². The third kappa shape index (κ3) is 71.5. The molecule has 0 heterocycles. The normalized spacial score (nSPS) is 11.8. The predicted molar refractivity (Wildman–Crippen MR) is 275 cm³/mol. The number of ether oxygens (including phenoxy) is 24. The van der Waals surface area contributed by atoms with Gasteiger partial charge in [0, 0.05) is 12.4 Å². The molecule has 0 N–H and O–H groups in total. The van der Waals surface area contributed by atoms with E-state index in [2.05, 4.69) is 15.9 Å². The molecule has 0 atom stereocenters. The number of methoxy groups -OCH3 is 1. The molecule has 446 valence electrons. The summed E-state index contributed by atoms with van der Waals surface area (Å²) < 4.78 is 131. The van der Waals surface area contributed by atoms with Gasteiger partial charge < -0.3 is 114 Å². The Morgan fingerprint density at radius 1 is 0.135 bits per heavy atom. The maximum absolute atomic E-state index is 5.52. The van der Waals surface area contributed by atoms with Crippen LogP contribution in [-0.4, -0.2) is 323 Å². The first kappa shape index (κ1) is 73.5. The molecule has 24 nitrogen and oxygen atoms in total. The van der Waals surface area contributed by atoms with E-state index in [9.17, 15) is 0 Å². The number of hydrogen-bond acceptors (Lipinski definition) is 24. The Balaban J connectivity index is 3.07. The van der Waals surface area contributed by atoms with Crippen LogP contribution >= 0.6 is 15.9 Å². The van der Waals surface area contributed by atoms with Crippen LogP contribution in [0.15, 0.2) is 0 Å². The standard InChI is InChI=1S/C49H99BrO24/c1-51-4-5-53-8-9-55-12-13-57-16-17-59-20-21-61-24-25-63-28-29-65-32-33-67-36-37-69-40-41-71-44-45-73-48-49-74-47-46-72-43-42-70-39-38-68-35-34-66-31-30-64-27-26-62-23-22-60-19-18-58-15-14-56-11-10-54-7-6-52-3-2-50/h2-49H2,1H3. The van der Waals surface area contributed by atoms with E-state index in [4.69, 9.17) is 114 Å². The second kappa shape index (κ2) is 72.5. The minimum Gasteiger partial charge on any atom is -0.382 e. The van der Waals surface area contributed by atoms with Crippen LogP contribution < -0.4 is 0 Å². The Kier molecular flexibility index (Phi) is 72.0. The van der Waals surface area contributed by atoms with Crippen molar-refractivity contribution in [1.29, 1.82) is 0 Å². The number of alkyl halides is 1. The highest BCUT2D eigenvalue weighted by molar-refractivity contribution is 9.09. The van der Waals surface area contributed by atoms with Gasteiger partial charge in [0.05, 0.1) is 311 Å². The maximum atomic E-state index is 5.52. The maximum Gasteiger partial charge on any atom is 0.0701 e. The summed E-state index contributed by atoms with van der Waals surface area (Å²) in [6.45, 7) is 24.1. The Labute approximate surface area is 451 Å². The molecule has 0 aliphatic heterocycles. The molecule has 0 rings (SSSR count). The van der Waals surface area contributed by atoms with Crippen molar-refractivity contribution in [2.75, 3.05) is 323 Å². The first-order valence-electron chi connectivity index (χ1n) is 26.2. The van der Waals surface area contributed by atoms with Crippen LogP contribution in [0.3, 0.4) is 0 Å². The van der Waals surface area contributed by atoms with Crippen molar-refractivity contribution in [3.63, 3.8) is 0 Å². The molecule has 0 radical (unpaired) electrons. The van der Waals surface area contributed by atoms with Crippen molar-refractivity contribution >= 4 is 15.9 Å². The fourth-order valence-electron chi connectivity index (χ4n) is 5.14. The van der Waals surface area contributed by atoms with Crippen molar-refractivity contribution < 1.29 is 114 Å². The molecule has 0 aliphatic carbocycles. The van der Waals surface area contributed by atoms with E-state index in [0.717, 1.165) is 5.33 Å². The Hall–Kier alpha value is -0.480. The monoisotopic (exact) mass is 1150 g/mol. The fourth-order valence-corrected chi connectivity index (χ4v) is 5.37. The highest BCUT2D eigenvalue weighted by Crippen LogP contribution is 1.91. The molecule has 0 aromatic rings. The van der Waals surface area contributed by atoms with Gasteiger partial charge in [-0.15, -0.1) is 0 Å². The number of rotatable bonds is 71. The summed E-state index contributed by atoms with van der Waals surface area (Å²) in [5, 5.41) is 0.831. The Bertz CT molecular complexity index is 891. The van der Waals surface area contributed by atoms with Crippen LogP contribution in [0.1, 0.15) is 0 Å². The van der Waals surface area contributed by atoms with Gasteiger partial charge in [0.25, 0.3) is 0 Å². The van der Waals surface area contributed by atoms with E-state index in [1.807, 2.05) is 0 Å². The average Bonchev–Trinajstić information content (AvgIpc) is 3.41. The van der Waals surface area contributed by atoms with E-state index in [-0.39, 0.29) is 0 Å². The minimum absolute atomic E-state index is 0.488. The number of hydrogen-bond donors (Lipinski definition) is 0. The van der Waals surface area contributed by atoms with E-state index >= 15 is 0 Å². The SMILES string of the molecule is COCCOCCOCCOCCOCCOCCOCCOCCOCCOCCOCCOCCOCCOCCOCCOCCOCCOCCOCCOCCOCCOCCOCCOCCBr. The first-order chi connectivity index (χ1) is 36.9. The van der Waals surface area contributed by atoms with Crippen molar-refractivity contribution in [1.82, 2.24) is 0 Å². The molecule has 0 bridgehead atoms. The highest BCUT2D eigenvalue weighted by Gasteiger charge is 2.00. The summed E-state index contributed by atoms with van der Waals surface area (Å²) in [7, 11) is 1.64. The average molecular weight is 1150 g/mol. The molecular formula is C49H99BrO24. The molecule has 0 fully saturated rings. The smallest absolute Gasteiger partial charge is 0.0701 e. The molecule has 0 aromatic heterocycles. The summed E-state index contributed by atoms with van der Waals surface area (Å²) in [5.74, 6) is 0. The van der Waals surface area contributed by atoms with Crippen LogP contribution in [0, 0.1) is 0 Å². The highest BCUT2D eigenvalue weighted by atomic mass is 79.9. The van der Waals surface area contributed by atoms with Gasteiger partial charge in [-0.3, -0.25) is 0 Å². The van der Waals surface area contributed by atoms with Gasteiger partial charge in [-0.1, -0.05) is 15.9 Å². The van der Waals surface area contributed by atoms with Crippen LogP contribution in [0.4, 0.5) is 0 Å². The van der Waals surface area contributed by atoms with Gasteiger partial charge >= 0.3 is 0 Å². The largest absolute Gasteiger partial charge is 0.382 e. The van der Waals surface area contributed by atoms with E-state index in [1.165, 1.54) is 0 Å². The Morgan fingerprint density at radius 2 is 0.216 bits per heavy atom. The second-order valence-electron chi connectivity index (χ2n) is 14.8. The van der Waals surface area contributed by atoms with Crippen molar-refractivity contribution in [2.24, 2.45) is 0 Å². The van der Waals surface area contributed by atoms with Crippen LogP contribution in [0.2, 0.25) is 0 Å². The van der Waals surface area contributed by atoms with Crippen LogP contribution in [-0.2, 0) is 114 Å². The molecule has 0 spiro atoms. The van der Waals surface area contributed by atoms with Crippen LogP contribution in [0.25, 0.3) is 0 Å². The first-order valence-corrected chi connectivity index (χ1v) is 27.4. The lowest BCUT2D eigenvalue weighted by Gasteiger charge is -2.09. The quantitative estimate of drug-likeness (QED) is 0.0621. The van der Waals surface area contributed by atoms with E-state index in [1.54, 1.807) is 7.11 Å². The van der Waals surface area contributed by atoms with Gasteiger partial charge in [-0.2, -0.15) is 0 Å². The molecular weight excluding hydrogens is 1050 g/mol. The lowest BCUT2D eigenvalue weighted by atomic mass is 10.6. The number of halogens is 1. The summed E-state index contributed by atoms with van der Waals surface area (Å²) in [6.07, 6.45) is 0. The zero-order valence-electron chi connectivity index (χ0n) is 45.1. The molecule has 0 saturated heterocycles. The van der Waals surface area contributed by atoms with Crippen molar-refractivity contribution in [3.05, 3.63) is 0 Å². The topological polar surface area (TPSA) is 222 Å². The van der Waals surface area contributed by atoms with Gasteiger partial charge in [0.15, 0.2) is 0 Å². The predicted octanol–water partition coefficient (Wildman–Crippen LogP) is 1.41. The minimum atomic E-state index is 0.488. The molecule has 0 amide bonds. The lowest BCUT2D eigenvalue weighted by molar-refractivity contribution is -0.0319. The Morgan fingerprint density at radius 3 is 0.297 bits per heavy atom. The fraction of sp³-hybridized carbons (Fsp3) is 1.00. The van der Waals surface area contributed by atoms with Gasteiger partial charge in [-0.05, 0) is 0 Å². The third-order valence-electron chi connectivity index (χ3n) is 8.84. The molecule has 25 heteroatoms. The summed E-state index contributed by atoms with van der Waals surface area (Å²) in [4.78, 5) is 0. The van der Waals surface area contributed by atoms with Gasteiger partial charge in [0.2, 0.25) is 0 Å². The third-order valence-corrected chi connectivity index (χ3v) is 9.16. The molecule has 0 saturated carbocycles. The molecule has 74 heavy (non-hydrogen) atoms. The summed E-state index contributed by atoms with van der Waals surface area (Å²) in [6, 6.07) is 0. The molecule has 0 aromatic carbocycles. The molecule has 0 aliphatic rings. The van der Waals surface area contributed by atoms with Gasteiger partial charge in [0.1, 0.15) is 0 Å². The van der Waals surface area contributed by atoms with Crippen molar-refractivity contribution in [2.45, 2.75) is 0 Å². The zero-order chi connectivity index (χ0) is 52.9. The van der Waals surface area contributed by atoms with E-state index in [0.29, 0.717) is 311 Å². The van der Waals surface area contributed by atoms with Crippen molar-refractivity contribution in [3.8, 4) is 0 Å². The molecule has 0 unspecified atom stereocenters. The lowest BCUT2D eigenvalue weighted by Crippen LogP contribution is -2.16. The zero-order valence-corrected chi connectivity index (χ0v) is 46.7. The van der Waals surface area contributed by atoms with Crippen LogP contribution in [0.5, 0.6) is 0 Å². The summed E-state index contributed by atoms with van der Waals surface area (Å²) >= 11 is 3.30. The second-order valence-corrected chi connectivity index (χ2v) is 15.6.